The molecule has 0 radical (unpaired) electrons. The van der Waals surface area contributed by atoms with Crippen LogP contribution in [0.1, 0.15) is 39.2 Å². The summed E-state index contributed by atoms with van der Waals surface area (Å²) in [6.45, 7) is 7.07. The van der Waals surface area contributed by atoms with Gasteiger partial charge in [0.05, 0.1) is 6.26 Å². The van der Waals surface area contributed by atoms with E-state index < -0.39 is 0 Å². The van der Waals surface area contributed by atoms with Crippen LogP contribution in [0.3, 0.4) is 0 Å². The first-order chi connectivity index (χ1) is 10.4. The summed E-state index contributed by atoms with van der Waals surface area (Å²) in [5.41, 5.74) is 1.66. The van der Waals surface area contributed by atoms with Gasteiger partial charge in [0.2, 0.25) is 0 Å². The zero-order valence-electron chi connectivity index (χ0n) is 14.6. The first-order valence-corrected chi connectivity index (χ1v) is 10.3. The summed E-state index contributed by atoms with van der Waals surface area (Å²) < 4.78 is 0. The molecule has 1 aromatic carbocycles. The lowest BCUT2D eigenvalue weighted by Crippen LogP contribution is -3.00. The molecule has 1 nitrogen and oxygen atoms in total. The molecule has 2 aliphatic carbocycles. The molecule has 2 aliphatic rings. The van der Waals surface area contributed by atoms with Crippen molar-refractivity contribution in [3.05, 3.63) is 42.0 Å². The zero-order valence-corrected chi connectivity index (χ0v) is 17.0. The maximum Gasteiger partial charge on any atom is 0.147 e. The van der Waals surface area contributed by atoms with Crippen molar-refractivity contribution in [1.29, 1.82) is 0 Å². The molecule has 2 fully saturated rings. The van der Waals surface area contributed by atoms with Crippen LogP contribution in [-0.4, -0.2) is 28.5 Å². The van der Waals surface area contributed by atoms with Crippen molar-refractivity contribution in [2.75, 3.05) is 12.0 Å². The zero-order chi connectivity index (χ0) is 16.0. The molecule has 0 heterocycles. The third-order valence-electron chi connectivity index (χ3n) is 6.67. The number of hydrogen-bond donors (Lipinski definition) is 1. The van der Waals surface area contributed by atoms with Crippen LogP contribution in [0.4, 0.5) is 0 Å². The number of rotatable bonds is 4. The van der Waals surface area contributed by atoms with Crippen molar-refractivity contribution in [3.8, 4) is 0 Å². The molecule has 0 saturated heterocycles. The molecule has 1 aromatic rings. The lowest BCUT2D eigenvalue weighted by atomic mass is 9.70. The monoisotopic (exact) mass is 396 g/mol. The molecule has 0 amide bonds. The van der Waals surface area contributed by atoms with Gasteiger partial charge in [-0.25, -0.2) is 0 Å². The average molecular weight is 397 g/mol. The highest BCUT2D eigenvalue weighted by Gasteiger charge is 2.69. The van der Waals surface area contributed by atoms with Crippen LogP contribution < -0.4 is 17.0 Å². The fourth-order valence-electron chi connectivity index (χ4n) is 4.76. The van der Waals surface area contributed by atoms with Crippen molar-refractivity contribution >= 4 is 17.0 Å². The number of fused-ring (bicyclic) bond motifs is 2. The standard InChI is InChI=1S/C20H29OS.BrH/c1-19(2)16-12-13-20(19,3)18(21)17(16)22(4)14-8-11-15-9-6-5-7-10-15;/h5-11,16-18,21H,12-14H2,1-4H3;1H/q+1;/p-1/b11-8+;/t16-,17-,18-,20+,22?;/m1./s1. The molecule has 3 heteroatoms. The molecule has 5 atom stereocenters. The van der Waals surface area contributed by atoms with Crippen LogP contribution >= 0.6 is 0 Å². The second-order valence-electron chi connectivity index (χ2n) is 7.86. The molecule has 2 bridgehead atoms. The maximum absolute atomic E-state index is 10.9. The minimum Gasteiger partial charge on any atom is -1.00 e. The summed E-state index contributed by atoms with van der Waals surface area (Å²) in [5.74, 6) is 1.77. The highest BCUT2D eigenvalue weighted by molar-refractivity contribution is 7.97. The van der Waals surface area contributed by atoms with Crippen LogP contribution in [0.2, 0.25) is 0 Å². The van der Waals surface area contributed by atoms with E-state index in [9.17, 15) is 5.11 Å². The van der Waals surface area contributed by atoms with E-state index in [2.05, 4.69) is 69.5 Å². The SMILES string of the molecule is C[S+](C/C=C/c1ccccc1)[C@@H]1[C@H]2CC[C@@](C)([C@@H]1O)C2(C)C.[Br-]. The summed E-state index contributed by atoms with van der Waals surface area (Å²) in [4.78, 5) is 0. The van der Waals surface area contributed by atoms with Crippen molar-refractivity contribution in [2.24, 2.45) is 16.7 Å². The molecule has 3 rings (SSSR count). The minimum absolute atomic E-state index is 0. The second-order valence-corrected chi connectivity index (χ2v) is 10.1. The number of hydrogen-bond acceptors (Lipinski definition) is 1. The number of benzene rings is 1. The summed E-state index contributed by atoms with van der Waals surface area (Å²) in [7, 11) is 0.242. The Morgan fingerprint density at radius 2 is 1.87 bits per heavy atom. The Hall–Kier alpha value is -0.250. The van der Waals surface area contributed by atoms with Crippen molar-refractivity contribution in [2.45, 2.75) is 45.0 Å². The van der Waals surface area contributed by atoms with E-state index in [0.717, 1.165) is 5.75 Å². The Balaban J connectivity index is 0.00000192. The van der Waals surface area contributed by atoms with Gasteiger partial charge in [0.1, 0.15) is 17.1 Å². The largest absolute Gasteiger partial charge is 1.00 e. The molecule has 0 spiro atoms. The third-order valence-corrected chi connectivity index (χ3v) is 8.90. The lowest BCUT2D eigenvalue weighted by molar-refractivity contribution is -0.0000144. The Kier molecular flexibility index (Phi) is 5.75. The van der Waals surface area contributed by atoms with Gasteiger partial charge in [-0.05, 0) is 40.8 Å². The van der Waals surface area contributed by atoms with E-state index in [-0.39, 0.29) is 44.8 Å². The molecule has 0 aromatic heterocycles. The van der Waals surface area contributed by atoms with Crippen LogP contribution in [0.25, 0.3) is 6.08 Å². The van der Waals surface area contributed by atoms with Gasteiger partial charge >= 0.3 is 0 Å². The molecule has 23 heavy (non-hydrogen) atoms. The van der Waals surface area contributed by atoms with E-state index in [0.29, 0.717) is 11.2 Å². The molecule has 2 saturated carbocycles. The molecule has 1 N–H and O–H groups in total. The Labute approximate surface area is 154 Å². The summed E-state index contributed by atoms with van der Waals surface area (Å²) >= 11 is 0. The predicted molar refractivity (Wildman–Crippen MR) is 98.0 cm³/mol. The third kappa shape index (κ3) is 3.05. The highest BCUT2D eigenvalue weighted by atomic mass is 79.9. The number of halogens is 1. The van der Waals surface area contributed by atoms with Gasteiger partial charge in [-0.1, -0.05) is 57.2 Å². The number of aliphatic hydroxyl groups is 1. The van der Waals surface area contributed by atoms with Gasteiger partial charge in [0.25, 0.3) is 0 Å². The lowest BCUT2D eigenvalue weighted by Gasteiger charge is -2.36. The molecule has 1 unspecified atom stereocenters. The van der Waals surface area contributed by atoms with Crippen LogP contribution in [0.15, 0.2) is 36.4 Å². The highest BCUT2D eigenvalue weighted by Crippen LogP contribution is 2.66. The van der Waals surface area contributed by atoms with E-state index >= 15 is 0 Å². The smallest absolute Gasteiger partial charge is 0.147 e. The second kappa shape index (κ2) is 6.93. The first-order valence-electron chi connectivity index (χ1n) is 8.39. The summed E-state index contributed by atoms with van der Waals surface area (Å²) in [5, 5.41) is 11.4. The van der Waals surface area contributed by atoms with Crippen molar-refractivity contribution in [1.82, 2.24) is 0 Å². The number of aliphatic hydroxyl groups excluding tert-OH is 1. The van der Waals surface area contributed by atoms with E-state index in [4.69, 9.17) is 0 Å². The van der Waals surface area contributed by atoms with Crippen LogP contribution in [-0.2, 0) is 10.9 Å². The summed E-state index contributed by atoms with van der Waals surface area (Å²) in [6, 6.07) is 10.5. The van der Waals surface area contributed by atoms with Gasteiger partial charge < -0.3 is 22.1 Å². The minimum atomic E-state index is -0.125. The predicted octanol–water partition coefficient (Wildman–Crippen LogP) is 1.14. The molecular weight excluding hydrogens is 368 g/mol. The average Bonchev–Trinajstić information content (AvgIpc) is 2.80. The van der Waals surface area contributed by atoms with Gasteiger partial charge in [0, 0.05) is 11.3 Å². The fraction of sp³-hybridized carbons (Fsp3) is 0.600. The molecular formula is C20H29BrOS. The van der Waals surface area contributed by atoms with Crippen LogP contribution in [0.5, 0.6) is 0 Å². The Morgan fingerprint density at radius 1 is 1.22 bits per heavy atom. The van der Waals surface area contributed by atoms with E-state index in [1.54, 1.807) is 0 Å². The maximum atomic E-state index is 10.9. The van der Waals surface area contributed by atoms with Crippen LogP contribution in [0, 0.1) is 16.7 Å². The normalized spacial score (nSPS) is 36.1. The van der Waals surface area contributed by atoms with E-state index in [1.807, 2.05) is 0 Å². The van der Waals surface area contributed by atoms with Gasteiger partial charge in [-0.3, -0.25) is 0 Å². The Bertz CT molecular complexity index is 556. The van der Waals surface area contributed by atoms with Gasteiger partial charge in [-0.15, -0.1) is 0 Å². The van der Waals surface area contributed by atoms with E-state index in [1.165, 1.54) is 18.4 Å². The first kappa shape index (κ1) is 19.1. The quantitative estimate of drug-likeness (QED) is 0.756. The van der Waals surface area contributed by atoms with Gasteiger partial charge in [-0.2, -0.15) is 0 Å². The summed E-state index contributed by atoms with van der Waals surface area (Å²) in [6.07, 6.45) is 9.23. The Morgan fingerprint density at radius 3 is 2.43 bits per heavy atom. The van der Waals surface area contributed by atoms with Crippen molar-refractivity contribution < 1.29 is 22.1 Å². The molecule has 0 aliphatic heterocycles. The fourth-order valence-corrected chi connectivity index (χ4v) is 7.16. The van der Waals surface area contributed by atoms with Gasteiger partial charge in [0.15, 0.2) is 0 Å². The topological polar surface area (TPSA) is 20.2 Å². The van der Waals surface area contributed by atoms with Crippen molar-refractivity contribution in [3.63, 3.8) is 0 Å². The molecule has 128 valence electrons.